The number of esters is 2. The van der Waals surface area contributed by atoms with Crippen LogP contribution in [0.25, 0.3) is 0 Å². The molecule has 0 saturated carbocycles. The van der Waals surface area contributed by atoms with Crippen LogP contribution in [0.15, 0.2) is 60.7 Å². The molecule has 2 aromatic rings. The molecule has 0 amide bonds. The van der Waals surface area contributed by atoms with Gasteiger partial charge in [-0.05, 0) is 31.2 Å². The van der Waals surface area contributed by atoms with Crippen molar-refractivity contribution in [3.63, 3.8) is 0 Å². The van der Waals surface area contributed by atoms with E-state index in [1.54, 1.807) is 60.7 Å². The van der Waals surface area contributed by atoms with Gasteiger partial charge in [-0.3, -0.25) is 4.79 Å². The molecule has 0 aromatic heterocycles. The molecule has 0 bridgehead atoms. The molecule has 0 aliphatic carbocycles. The molecule has 4 atom stereocenters. The quantitative estimate of drug-likeness (QED) is 0.732. The van der Waals surface area contributed by atoms with Gasteiger partial charge < -0.3 is 18.9 Å². The molecule has 0 radical (unpaired) electrons. The van der Waals surface area contributed by atoms with Crippen LogP contribution in [0.1, 0.15) is 27.6 Å². The van der Waals surface area contributed by atoms with Crippen LogP contribution in [-0.2, 0) is 23.7 Å². The van der Waals surface area contributed by atoms with E-state index in [9.17, 15) is 14.4 Å². The van der Waals surface area contributed by atoms with E-state index in [-0.39, 0.29) is 11.1 Å². The molecule has 1 aliphatic heterocycles. The minimum atomic E-state index is -1.35. The second-order valence-electron chi connectivity index (χ2n) is 6.21. The molecule has 7 nitrogen and oxygen atoms in total. The topological polar surface area (TPSA) is 88.1 Å². The first-order chi connectivity index (χ1) is 13.5. The number of hydrogen-bond acceptors (Lipinski definition) is 7. The van der Waals surface area contributed by atoms with Gasteiger partial charge in [0.25, 0.3) is 0 Å². The van der Waals surface area contributed by atoms with E-state index in [1.807, 2.05) is 0 Å². The SMILES string of the molecule is CO[C@H]1O[C@H](C)C(=O)[C@H](OC(=O)c2ccccc2)[C@H]1OC(=O)c1ccccc1. The molecule has 1 heterocycles. The van der Waals surface area contributed by atoms with E-state index >= 15 is 0 Å². The summed E-state index contributed by atoms with van der Waals surface area (Å²) in [5, 5.41) is 0. The second-order valence-corrected chi connectivity index (χ2v) is 6.21. The normalized spacial score (nSPS) is 24.4. The second kappa shape index (κ2) is 8.77. The monoisotopic (exact) mass is 384 g/mol. The molecule has 1 fully saturated rings. The van der Waals surface area contributed by atoms with Crippen molar-refractivity contribution < 1.29 is 33.3 Å². The maximum Gasteiger partial charge on any atom is 0.338 e. The number of Topliss-reactive ketones (excluding diaryl/α,β-unsaturated/α-hetero) is 1. The average molecular weight is 384 g/mol. The van der Waals surface area contributed by atoms with Gasteiger partial charge in [0.1, 0.15) is 6.10 Å². The molecule has 3 rings (SSSR count). The lowest BCUT2D eigenvalue weighted by Gasteiger charge is -2.37. The Kier molecular flexibility index (Phi) is 6.18. The molecule has 146 valence electrons. The Morgan fingerprint density at radius 3 is 1.86 bits per heavy atom. The number of ketones is 1. The standard InChI is InChI=1S/C21H20O7/c1-13-16(22)17(27-19(23)14-9-5-3-6-10-14)18(21(25-2)26-13)28-20(24)15-11-7-4-8-12-15/h3-13,17-18,21H,1-2H3/t13-,17+,18-,21+/m1/s1. The Bertz CT molecular complexity index is 834. The van der Waals surface area contributed by atoms with Crippen molar-refractivity contribution in [1.29, 1.82) is 0 Å². The fourth-order valence-corrected chi connectivity index (χ4v) is 2.84. The van der Waals surface area contributed by atoms with E-state index < -0.39 is 42.3 Å². The highest BCUT2D eigenvalue weighted by atomic mass is 16.7. The largest absolute Gasteiger partial charge is 0.449 e. The maximum absolute atomic E-state index is 12.6. The van der Waals surface area contributed by atoms with E-state index in [2.05, 4.69) is 0 Å². The molecule has 0 spiro atoms. The number of rotatable bonds is 5. The van der Waals surface area contributed by atoms with Gasteiger partial charge in [-0.25, -0.2) is 9.59 Å². The minimum Gasteiger partial charge on any atom is -0.449 e. The Balaban J connectivity index is 1.84. The molecular weight excluding hydrogens is 364 g/mol. The summed E-state index contributed by atoms with van der Waals surface area (Å²) in [6.45, 7) is 1.52. The lowest BCUT2D eigenvalue weighted by atomic mass is 10.0. The predicted molar refractivity (Wildman–Crippen MR) is 97.6 cm³/mol. The number of methoxy groups -OCH3 is 1. The number of carbonyl (C=O) groups excluding carboxylic acids is 3. The fraction of sp³-hybridized carbons (Fsp3) is 0.286. The Morgan fingerprint density at radius 2 is 1.36 bits per heavy atom. The minimum absolute atomic E-state index is 0.275. The smallest absolute Gasteiger partial charge is 0.338 e. The molecule has 1 saturated heterocycles. The number of ether oxygens (including phenoxy) is 4. The van der Waals surface area contributed by atoms with Crippen LogP contribution in [0.4, 0.5) is 0 Å². The first-order valence-corrected chi connectivity index (χ1v) is 8.75. The summed E-state index contributed by atoms with van der Waals surface area (Å²) in [4.78, 5) is 37.6. The van der Waals surface area contributed by atoms with Crippen molar-refractivity contribution in [3.05, 3.63) is 71.8 Å². The van der Waals surface area contributed by atoms with E-state index in [1.165, 1.54) is 14.0 Å². The predicted octanol–water partition coefficient (Wildman–Crippen LogP) is 2.40. The first-order valence-electron chi connectivity index (χ1n) is 8.75. The van der Waals surface area contributed by atoms with Crippen molar-refractivity contribution >= 4 is 17.7 Å². The van der Waals surface area contributed by atoms with Crippen molar-refractivity contribution in [2.45, 2.75) is 31.5 Å². The summed E-state index contributed by atoms with van der Waals surface area (Å²) >= 11 is 0. The summed E-state index contributed by atoms with van der Waals surface area (Å²) in [5.41, 5.74) is 0.563. The highest BCUT2D eigenvalue weighted by Crippen LogP contribution is 2.25. The van der Waals surface area contributed by atoms with Crippen LogP contribution in [-0.4, -0.2) is 49.4 Å². The lowest BCUT2D eigenvalue weighted by molar-refractivity contribution is -0.241. The molecule has 28 heavy (non-hydrogen) atoms. The van der Waals surface area contributed by atoms with E-state index in [0.29, 0.717) is 0 Å². The number of hydrogen-bond donors (Lipinski definition) is 0. The maximum atomic E-state index is 12.6. The summed E-state index contributed by atoms with van der Waals surface area (Å²) in [6.07, 6.45) is -4.54. The van der Waals surface area contributed by atoms with Crippen LogP contribution < -0.4 is 0 Å². The zero-order chi connectivity index (χ0) is 20.1. The van der Waals surface area contributed by atoms with Crippen LogP contribution in [0.5, 0.6) is 0 Å². The van der Waals surface area contributed by atoms with Crippen LogP contribution in [0.3, 0.4) is 0 Å². The third-order valence-electron chi connectivity index (χ3n) is 4.31. The van der Waals surface area contributed by atoms with Gasteiger partial charge in [0.2, 0.25) is 11.9 Å². The van der Waals surface area contributed by atoms with Gasteiger partial charge in [0.15, 0.2) is 12.4 Å². The zero-order valence-corrected chi connectivity index (χ0v) is 15.4. The van der Waals surface area contributed by atoms with Crippen LogP contribution >= 0.6 is 0 Å². The van der Waals surface area contributed by atoms with Gasteiger partial charge in [-0.2, -0.15) is 0 Å². The molecule has 0 unspecified atom stereocenters. The number of carbonyl (C=O) groups is 3. The molecule has 2 aromatic carbocycles. The van der Waals surface area contributed by atoms with E-state index in [0.717, 1.165) is 0 Å². The van der Waals surface area contributed by atoms with Crippen molar-refractivity contribution in [2.24, 2.45) is 0 Å². The fourth-order valence-electron chi connectivity index (χ4n) is 2.84. The summed E-state index contributed by atoms with van der Waals surface area (Å²) < 4.78 is 21.6. The summed E-state index contributed by atoms with van der Waals surface area (Å²) in [6, 6.07) is 16.5. The van der Waals surface area contributed by atoms with Gasteiger partial charge in [-0.1, -0.05) is 36.4 Å². The molecule has 1 aliphatic rings. The average Bonchev–Trinajstić information content (AvgIpc) is 2.74. The highest BCUT2D eigenvalue weighted by molar-refractivity contribution is 5.95. The third kappa shape index (κ3) is 4.27. The highest BCUT2D eigenvalue weighted by Gasteiger charge is 2.48. The van der Waals surface area contributed by atoms with Gasteiger partial charge in [0.05, 0.1) is 11.1 Å². The summed E-state index contributed by atoms with van der Waals surface area (Å²) in [5.74, 6) is -1.90. The molecule has 7 heteroatoms. The number of benzene rings is 2. The van der Waals surface area contributed by atoms with Crippen molar-refractivity contribution in [1.82, 2.24) is 0 Å². The Labute approximate surface area is 162 Å². The Morgan fingerprint density at radius 1 is 0.857 bits per heavy atom. The third-order valence-corrected chi connectivity index (χ3v) is 4.31. The van der Waals surface area contributed by atoms with Crippen molar-refractivity contribution in [3.8, 4) is 0 Å². The van der Waals surface area contributed by atoms with Gasteiger partial charge in [0, 0.05) is 7.11 Å². The lowest BCUT2D eigenvalue weighted by Crippen LogP contribution is -2.58. The zero-order valence-electron chi connectivity index (χ0n) is 15.4. The Hall–Kier alpha value is -3.03. The van der Waals surface area contributed by atoms with Crippen LogP contribution in [0, 0.1) is 0 Å². The molecule has 0 N–H and O–H groups in total. The van der Waals surface area contributed by atoms with Crippen molar-refractivity contribution in [2.75, 3.05) is 7.11 Å². The van der Waals surface area contributed by atoms with Gasteiger partial charge >= 0.3 is 11.9 Å². The van der Waals surface area contributed by atoms with E-state index in [4.69, 9.17) is 18.9 Å². The molecular formula is C21H20O7. The summed E-state index contributed by atoms with van der Waals surface area (Å²) in [7, 11) is 1.35. The van der Waals surface area contributed by atoms with Crippen LogP contribution in [0.2, 0.25) is 0 Å². The first kappa shape index (κ1) is 19.7. The van der Waals surface area contributed by atoms with Gasteiger partial charge in [-0.15, -0.1) is 0 Å².